The number of anilines is 1. The number of alkyl halides is 4. The second-order valence-electron chi connectivity index (χ2n) is 6.84. The molecule has 1 aliphatic rings. The lowest BCUT2D eigenvalue weighted by Gasteiger charge is -2.36. The van der Waals surface area contributed by atoms with Gasteiger partial charge in [-0.2, -0.15) is 18.3 Å². The Morgan fingerprint density at radius 2 is 1.80 bits per heavy atom. The fourth-order valence-electron chi connectivity index (χ4n) is 3.35. The Bertz CT molecular complexity index is 938. The minimum Gasteiger partial charge on any atom is -0.368 e. The van der Waals surface area contributed by atoms with Gasteiger partial charge in [0.15, 0.2) is 5.69 Å². The Morgan fingerprint density at radius 1 is 1.20 bits per heavy atom. The molecule has 1 amide bonds. The number of hydrogen-bond donors (Lipinski definition) is 0. The maximum absolute atomic E-state index is 13.2. The van der Waals surface area contributed by atoms with Gasteiger partial charge < -0.3 is 9.80 Å². The van der Waals surface area contributed by atoms with Crippen LogP contribution in [0.1, 0.15) is 17.0 Å². The van der Waals surface area contributed by atoms with Crippen molar-refractivity contribution in [1.29, 1.82) is 0 Å². The molecule has 1 aromatic heterocycles. The average Bonchev–Trinajstić information content (AvgIpc) is 3.04. The summed E-state index contributed by atoms with van der Waals surface area (Å²) in [5.41, 5.74) is 0.321. The minimum absolute atomic E-state index is 0.00579. The third kappa shape index (κ3) is 4.68. The van der Waals surface area contributed by atoms with Crippen molar-refractivity contribution < 1.29 is 22.9 Å². The van der Waals surface area contributed by atoms with E-state index in [-0.39, 0.29) is 28.1 Å². The number of amides is 1. The van der Waals surface area contributed by atoms with Crippen molar-refractivity contribution in [1.82, 2.24) is 14.7 Å². The standard InChI is InChI=1S/C18H19F3IN5O3/c1-12-15(10-22)17(18(19,20)21)23-26(12)11-16(28)25-8-6-24(7-9-25)13-2-4-14(5-3-13)27(29)30/h2-5H,6-11H2,1H3. The molecule has 0 aliphatic carbocycles. The van der Waals surface area contributed by atoms with Gasteiger partial charge >= 0.3 is 6.18 Å². The van der Waals surface area contributed by atoms with E-state index in [1.807, 2.05) is 27.5 Å². The molecule has 3 rings (SSSR count). The molecule has 0 saturated carbocycles. The first kappa shape index (κ1) is 22.3. The van der Waals surface area contributed by atoms with E-state index in [1.165, 1.54) is 19.1 Å². The maximum atomic E-state index is 13.2. The molecule has 0 atom stereocenters. The number of carbonyl (C=O) groups excluding carboxylic acids is 1. The summed E-state index contributed by atoms with van der Waals surface area (Å²) in [7, 11) is 0. The van der Waals surface area contributed by atoms with Crippen LogP contribution in [0.2, 0.25) is 0 Å². The zero-order valence-electron chi connectivity index (χ0n) is 16.0. The van der Waals surface area contributed by atoms with Gasteiger partial charge in [0, 0.05) is 59.7 Å². The van der Waals surface area contributed by atoms with Crippen LogP contribution in [-0.4, -0.2) is 51.7 Å². The Kier molecular flexibility index (Phi) is 6.53. The van der Waals surface area contributed by atoms with Gasteiger partial charge in [-0.1, -0.05) is 22.6 Å². The molecule has 1 aromatic carbocycles. The Balaban J connectivity index is 1.63. The quantitative estimate of drug-likeness (QED) is 0.253. The van der Waals surface area contributed by atoms with Crippen molar-refractivity contribution in [3.63, 3.8) is 0 Å². The van der Waals surface area contributed by atoms with Crippen LogP contribution >= 0.6 is 22.6 Å². The smallest absolute Gasteiger partial charge is 0.368 e. The molecule has 0 N–H and O–H groups in total. The predicted molar refractivity (Wildman–Crippen MR) is 112 cm³/mol. The largest absolute Gasteiger partial charge is 0.435 e. The highest BCUT2D eigenvalue weighted by Crippen LogP contribution is 2.33. The Labute approximate surface area is 183 Å². The van der Waals surface area contributed by atoms with Crippen LogP contribution in [0.25, 0.3) is 0 Å². The van der Waals surface area contributed by atoms with Crippen LogP contribution in [0.5, 0.6) is 0 Å². The number of non-ortho nitro benzene ring substituents is 1. The van der Waals surface area contributed by atoms with Crippen LogP contribution in [0.3, 0.4) is 0 Å². The fourth-order valence-corrected chi connectivity index (χ4v) is 4.27. The molecule has 162 valence electrons. The molecule has 2 aromatic rings. The summed E-state index contributed by atoms with van der Waals surface area (Å²) in [6.45, 7) is 3.14. The second-order valence-corrected chi connectivity index (χ2v) is 7.61. The van der Waals surface area contributed by atoms with Crippen LogP contribution < -0.4 is 4.90 Å². The molecule has 30 heavy (non-hydrogen) atoms. The van der Waals surface area contributed by atoms with Gasteiger partial charge in [-0.15, -0.1) is 0 Å². The van der Waals surface area contributed by atoms with Crippen LogP contribution in [0.4, 0.5) is 24.5 Å². The Morgan fingerprint density at radius 3 is 2.27 bits per heavy atom. The third-order valence-corrected chi connectivity index (χ3v) is 5.84. The van der Waals surface area contributed by atoms with Gasteiger partial charge in [-0.25, -0.2) is 0 Å². The number of benzene rings is 1. The van der Waals surface area contributed by atoms with E-state index in [0.29, 0.717) is 31.9 Å². The number of nitro benzene ring substituents is 1. The molecule has 2 heterocycles. The first-order valence-electron chi connectivity index (χ1n) is 9.08. The number of carbonyl (C=O) groups is 1. The normalized spacial score (nSPS) is 14.8. The molecular formula is C18H19F3IN5O3. The number of nitrogens with zero attached hydrogens (tertiary/aromatic N) is 5. The van der Waals surface area contributed by atoms with Gasteiger partial charge in [-0.05, 0) is 19.1 Å². The molecule has 1 fully saturated rings. The number of aromatic nitrogens is 2. The minimum atomic E-state index is -4.56. The van der Waals surface area contributed by atoms with E-state index in [0.717, 1.165) is 10.4 Å². The number of nitro groups is 1. The van der Waals surface area contributed by atoms with Crippen molar-refractivity contribution in [2.24, 2.45) is 0 Å². The van der Waals surface area contributed by atoms with E-state index in [9.17, 15) is 28.1 Å². The average molecular weight is 537 g/mol. The predicted octanol–water partition coefficient (Wildman–Crippen LogP) is 3.40. The molecule has 0 bridgehead atoms. The monoisotopic (exact) mass is 537 g/mol. The van der Waals surface area contributed by atoms with Gasteiger partial charge in [0.1, 0.15) is 6.54 Å². The van der Waals surface area contributed by atoms with E-state index in [1.54, 1.807) is 17.0 Å². The highest BCUT2D eigenvalue weighted by molar-refractivity contribution is 14.1. The lowest BCUT2D eigenvalue weighted by atomic mass is 10.2. The molecule has 8 nitrogen and oxygen atoms in total. The molecule has 0 radical (unpaired) electrons. The number of rotatable bonds is 5. The topological polar surface area (TPSA) is 84.5 Å². The van der Waals surface area contributed by atoms with E-state index in [4.69, 9.17) is 0 Å². The third-order valence-electron chi connectivity index (χ3n) is 5.08. The highest BCUT2D eigenvalue weighted by Gasteiger charge is 2.38. The lowest BCUT2D eigenvalue weighted by molar-refractivity contribution is -0.384. The molecule has 1 saturated heterocycles. The summed E-state index contributed by atoms with van der Waals surface area (Å²) in [5, 5.41) is 14.4. The Hall–Kier alpha value is -2.38. The SMILES string of the molecule is Cc1c(CI)c(C(F)(F)F)nn1CC(=O)N1CCN(c2ccc([N+](=O)[O-])cc2)CC1. The number of halogens is 4. The van der Waals surface area contributed by atoms with Crippen LogP contribution in [0.15, 0.2) is 24.3 Å². The molecule has 0 spiro atoms. The van der Waals surface area contributed by atoms with Crippen molar-refractivity contribution >= 4 is 39.9 Å². The zero-order valence-corrected chi connectivity index (χ0v) is 18.2. The first-order chi connectivity index (χ1) is 14.1. The molecular weight excluding hydrogens is 518 g/mol. The van der Waals surface area contributed by atoms with Gasteiger partial charge in [-0.3, -0.25) is 19.6 Å². The fraction of sp³-hybridized carbons (Fsp3) is 0.444. The maximum Gasteiger partial charge on any atom is 0.435 e. The summed E-state index contributed by atoms with van der Waals surface area (Å²) >= 11 is 1.86. The number of hydrogen-bond acceptors (Lipinski definition) is 5. The summed E-state index contributed by atoms with van der Waals surface area (Å²) in [6, 6.07) is 6.17. The summed E-state index contributed by atoms with van der Waals surface area (Å²) < 4.78 is 40.8. The number of piperazine rings is 1. The summed E-state index contributed by atoms with van der Waals surface area (Å²) in [4.78, 5) is 26.5. The lowest BCUT2D eigenvalue weighted by Crippen LogP contribution is -2.49. The van der Waals surface area contributed by atoms with E-state index >= 15 is 0 Å². The molecule has 12 heteroatoms. The van der Waals surface area contributed by atoms with Crippen molar-refractivity contribution in [3.8, 4) is 0 Å². The van der Waals surface area contributed by atoms with Crippen LogP contribution in [-0.2, 0) is 21.9 Å². The van der Waals surface area contributed by atoms with Crippen molar-refractivity contribution in [3.05, 3.63) is 51.3 Å². The first-order valence-corrected chi connectivity index (χ1v) is 10.6. The van der Waals surface area contributed by atoms with Crippen molar-refractivity contribution in [2.75, 3.05) is 31.1 Å². The summed E-state index contributed by atoms with van der Waals surface area (Å²) in [6.07, 6.45) is -4.56. The summed E-state index contributed by atoms with van der Waals surface area (Å²) in [5.74, 6) is -0.294. The van der Waals surface area contributed by atoms with Gasteiger partial charge in [0.25, 0.3) is 5.69 Å². The van der Waals surface area contributed by atoms with Gasteiger partial charge in [0.05, 0.1) is 4.92 Å². The molecule has 1 aliphatic heterocycles. The zero-order chi connectivity index (χ0) is 22.1. The van der Waals surface area contributed by atoms with Gasteiger partial charge in [0.2, 0.25) is 5.91 Å². The second kappa shape index (κ2) is 8.78. The molecule has 0 unspecified atom stereocenters. The van der Waals surface area contributed by atoms with E-state index in [2.05, 4.69) is 5.10 Å². The highest BCUT2D eigenvalue weighted by atomic mass is 127. The van der Waals surface area contributed by atoms with Crippen LogP contribution in [0, 0.1) is 17.0 Å². The van der Waals surface area contributed by atoms with E-state index < -0.39 is 16.8 Å². The van der Waals surface area contributed by atoms with Crippen molar-refractivity contribution in [2.45, 2.75) is 24.1 Å².